The molecule has 0 aromatic heterocycles. The molecular formula is C22H32N4. The smallest absolute Gasteiger partial charge is 0.0507 e. The Morgan fingerprint density at radius 1 is 0.846 bits per heavy atom. The number of likely N-dealkylation sites (N-methyl/N-ethyl adjacent to an activating group) is 2. The maximum Gasteiger partial charge on any atom is 0.0507 e. The lowest BCUT2D eigenvalue weighted by atomic mass is 9.96. The van der Waals surface area contributed by atoms with Crippen LogP contribution in [0.1, 0.15) is 11.1 Å². The average molecular weight is 353 g/mol. The number of rotatable bonds is 3. The van der Waals surface area contributed by atoms with Gasteiger partial charge in [0, 0.05) is 39.4 Å². The van der Waals surface area contributed by atoms with Crippen LogP contribution >= 0.6 is 0 Å². The number of nitrogens with one attached hydrogen (secondary N) is 1. The van der Waals surface area contributed by atoms with E-state index in [-0.39, 0.29) is 0 Å². The highest BCUT2D eigenvalue weighted by Gasteiger charge is 2.17. The van der Waals surface area contributed by atoms with Crippen molar-refractivity contribution in [1.29, 1.82) is 0 Å². The summed E-state index contributed by atoms with van der Waals surface area (Å²) in [6.45, 7) is 10.1. The summed E-state index contributed by atoms with van der Waals surface area (Å²) in [5.74, 6) is 0. The molecule has 2 saturated heterocycles. The molecule has 2 aliphatic rings. The molecule has 2 aliphatic heterocycles. The molecule has 0 spiro atoms. The topological polar surface area (TPSA) is 21.8 Å². The van der Waals surface area contributed by atoms with E-state index in [2.05, 4.69) is 89.6 Å². The Labute approximate surface area is 158 Å². The molecule has 2 heterocycles. The third-order valence-electron chi connectivity index (χ3n) is 5.14. The van der Waals surface area contributed by atoms with Crippen molar-refractivity contribution in [3.63, 3.8) is 0 Å². The largest absolute Gasteiger partial charge is 0.303 e. The first kappa shape index (κ1) is 19.1. The quantitative estimate of drug-likeness (QED) is 0.917. The lowest BCUT2D eigenvalue weighted by Crippen LogP contribution is -2.22. The van der Waals surface area contributed by atoms with E-state index in [0.29, 0.717) is 0 Å². The summed E-state index contributed by atoms with van der Waals surface area (Å²) in [6.07, 6.45) is 0. The Bertz CT molecular complexity index is 694. The van der Waals surface area contributed by atoms with Crippen molar-refractivity contribution in [2.45, 2.75) is 13.5 Å². The molecule has 4 rings (SSSR count). The minimum Gasteiger partial charge on any atom is -0.303 e. The summed E-state index contributed by atoms with van der Waals surface area (Å²) in [7, 11) is 4.30. The average Bonchev–Trinajstić information content (AvgIpc) is 3.28. The van der Waals surface area contributed by atoms with E-state index >= 15 is 0 Å². The minimum absolute atomic E-state index is 1.04. The second-order valence-corrected chi connectivity index (χ2v) is 7.48. The number of aryl methyl sites for hydroxylation is 1. The van der Waals surface area contributed by atoms with Gasteiger partial charge < -0.3 is 5.32 Å². The maximum atomic E-state index is 3.20. The fourth-order valence-electron chi connectivity index (χ4n) is 3.58. The van der Waals surface area contributed by atoms with Crippen LogP contribution < -0.4 is 5.32 Å². The minimum atomic E-state index is 1.04. The molecule has 4 heteroatoms. The van der Waals surface area contributed by atoms with Crippen molar-refractivity contribution >= 4 is 0 Å². The van der Waals surface area contributed by atoms with E-state index < -0.39 is 0 Å². The van der Waals surface area contributed by atoms with Crippen LogP contribution in [0.25, 0.3) is 11.1 Å². The van der Waals surface area contributed by atoms with Gasteiger partial charge in [-0.05, 0) is 43.3 Å². The van der Waals surface area contributed by atoms with Crippen LogP contribution in [0.4, 0.5) is 0 Å². The highest BCUT2D eigenvalue weighted by Crippen LogP contribution is 2.27. The summed E-state index contributed by atoms with van der Waals surface area (Å²) in [5.41, 5.74) is 5.51. The van der Waals surface area contributed by atoms with E-state index in [4.69, 9.17) is 0 Å². The molecule has 0 bridgehead atoms. The molecule has 26 heavy (non-hydrogen) atoms. The van der Waals surface area contributed by atoms with Gasteiger partial charge >= 0.3 is 0 Å². The van der Waals surface area contributed by atoms with Gasteiger partial charge in [-0.3, -0.25) is 14.7 Å². The van der Waals surface area contributed by atoms with Gasteiger partial charge in [-0.25, -0.2) is 0 Å². The summed E-state index contributed by atoms with van der Waals surface area (Å²) in [6, 6.07) is 17.5. The molecular weight excluding hydrogens is 320 g/mol. The molecule has 2 fully saturated rings. The highest BCUT2D eigenvalue weighted by atomic mass is 15.4. The van der Waals surface area contributed by atoms with Crippen LogP contribution in [0.5, 0.6) is 0 Å². The van der Waals surface area contributed by atoms with Crippen LogP contribution in [0.15, 0.2) is 48.5 Å². The maximum absolute atomic E-state index is 3.20. The standard InChI is InChI=1S/C18H22N2.C4H10N2/c1-15-7-3-5-9-17(15)18-10-6-4-8-16(18)13-20-12-11-19(2)14-20;1-6-3-2-5-4-6/h3-10H,11-14H2,1-2H3;5H,2-4H2,1H3. The van der Waals surface area contributed by atoms with Gasteiger partial charge in [0.2, 0.25) is 0 Å². The van der Waals surface area contributed by atoms with Gasteiger partial charge in [-0.15, -0.1) is 0 Å². The molecule has 1 N–H and O–H groups in total. The SMILES string of the molecule is CN1CCNC1.Cc1ccccc1-c1ccccc1CN1CCN(C)C1. The van der Waals surface area contributed by atoms with Crippen molar-refractivity contribution in [1.82, 2.24) is 20.0 Å². The predicted octanol–water partition coefficient (Wildman–Crippen LogP) is 2.85. The first-order chi connectivity index (χ1) is 12.6. The number of hydrogen-bond acceptors (Lipinski definition) is 4. The lowest BCUT2D eigenvalue weighted by molar-refractivity contribution is 0.268. The van der Waals surface area contributed by atoms with Crippen LogP contribution in [-0.4, -0.2) is 68.3 Å². The molecule has 0 aliphatic carbocycles. The Hall–Kier alpha value is -1.72. The van der Waals surface area contributed by atoms with E-state index in [9.17, 15) is 0 Å². The Morgan fingerprint density at radius 2 is 1.58 bits per heavy atom. The van der Waals surface area contributed by atoms with Crippen LogP contribution in [0.3, 0.4) is 0 Å². The van der Waals surface area contributed by atoms with E-state index in [1.54, 1.807) is 0 Å². The summed E-state index contributed by atoms with van der Waals surface area (Å²) >= 11 is 0. The first-order valence-corrected chi connectivity index (χ1v) is 9.57. The first-order valence-electron chi connectivity index (χ1n) is 9.57. The molecule has 2 aromatic rings. The van der Waals surface area contributed by atoms with Crippen LogP contribution in [-0.2, 0) is 6.54 Å². The third kappa shape index (κ3) is 5.15. The fraction of sp³-hybridized carbons (Fsp3) is 0.455. The Kier molecular flexibility index (Phi) is 6.80. The Balaban J connectivity index is 0.000000278. The van der Waals surface area contributed by atoms with Crippen molar-refractivity contribution in [3.05, 3.63) is 59.7 Å². The molecule has 0 radical (unpaired) electrons. The second kappa shape index (κ2) is 9.28. The van der Waals surface area contributed by atoms with Crippen molar-refractivity contribution in [2.75, 3.05) is 53.6 Å². The highest BCUT2D eigenvalue weighted by molar-refractivity contribution is 5.70. The van der Waals surface area contributed by atoms with Gasteiger partial charge in [0.05, 0.1) is 6.67 Å². The van der Waals surface area contributed by atoms with Gasteiger partial charge in [-0.1, -0.05) is 48.5 Å². The van der Waals surface area contributed by atoms with E-state index in [1.807, 2.05) is 0 Å². The zero-order valence-electron chi connectivity index (χ0n) is 16.4. The van der Waals surface area contributed by atoms with Gasteiger partial charge in [0.25, 0.3) is 0 Å². The summed E-state index contributed by atoms with van der Waals surface area (Å²) in [4.78, 5) is 7.13. The van der Waals surface area contributed by atoms with Gasteiger partial charge in [-0.2, -0.15) is 0 Å². The van der Waals surface area contributed by atoms with Crippen molar-refractivity contribution < 1.29 is 0 Å². The molecule has 0 atom stereocenters. The molecule has 0 saturated carbocycles. The number of benzene rings is 2. The lowest BCUT2D eigenvalue weighted by Gasteiger charge is -2.18. The number of hydrogen-bond donors (Lipinski definition) is 1. The van der Waals surface area contributed by atoms with Crippen LogP contribution in [0, 0.1) is 6.92 Å². The van der Waals surface area contributed by atoms with Crippen molar-refractivity contribution in [2.24, 2.45) is 0 Å². The number of nitrogens with zero attached hydrogens (tertiary/aromatic N) is 3. The Morgan fingerprint density at radius 3 is 2.15 bits per heavy atom. The van der Waals surface area contributed by atoms with Gasteiger partial charge in [0.15, 0.2) is 0 Å². The molecule has 4 nitrogen and oxygen atoms in total. The monoisotopic (exact) mass is 352 g/mol. The van der Waals surface area contributed by atoms with E-state index in [0.717, 1.165) is 26.4 Å². The summed E-state index contributed by atoms with van der Waals surface area (Å²) < 4.78 is 0. The normalized spacial score (nSPS) is 18.7. The van der Waals surface area contributed by atoms with Gasteiger partial charge in [0.1, 0.15) is 0 Å². The van der Waals surface area contributed by atoms with E-state index in [1.165, 1.54) is 41.9 Å². The van der Waals surface area contributed by atoms with Crippen molar-refractivity contribution in [3.8, 4) is 11.1 Å². The zero-order valence-corrected chi connectivity index (χ0v) is 16.4. The molecule has 0 amide bonds. The third-order valence-corrected chi connectivity index (χ3v) is 5.14. The van der Waals surface area contributed by atoms with Crippen LogP contribution in [0.2, 0.25) is 0 Å². The predicted molar refractivity (Wildman–Crippen MR) is 110 cm³/mol. The zero-order chi connectivity index (χ0) is 18.4. The molecule has 140 valence electrons. The molecule has 0 unspecified atom stereocenters. The summed E-state index contributed by atoms with van der Waals surface area (Å²) in [5, 5.41) is 3.20. The fourth-order valence-corrected chi connectivity index (χ4v) is 3.58. The second-order valence-electron chi connectivity index (χ2n) is 7.48. The molecule has 2 aromatic carbocycles.